The van der Waals surface area contributed by atoms with Crippen molar-refractivity contribution in [2.75, 3.05) is 25.4 Å². The first-order valence-corrected chi connectivity index (χ1v) is 7.71. The molecule has 1 aliphatic heterocycles. The maximum absolute atomic E-state index is 11.9. The summed E-state index contributed by atoms with van der Waals surface area (Å²) in [5.41, 5.74) is 0. The van der Waals surface area contributed by atoms with Crippen LogP contribution in [-0.2, 0) is 17.1 Å². The fourth-order valence-electron chi connectivity index (χ4n) is 1.97. The zero-order valence-corrected chi connectivity index (χ0v) is 11.6. The molecular weight excluding hydrogens is 270 g/mol. The Bertz CT molecular complexity index is 547. The van der Waals surface area contributed by atoms with Gasteiger partial charge in [0.15, 0.2) is 0 Å². The van der Waals surface area contributed by atoms with Crippen molar-refractivity contribution in [3.8, 4) is 0 Å². The molecule has 1 saturated heterocycles. The molecule has 0 atom stereocenters. The molecule has 1 N–H and O–H groups in total. The molecule has 0 spiro atoms. The van der Waals surface area contributed by atoms with Crippen molar-refractivity contribution in [1.29, 1.82) is 0 Å². The third-order valence-corrected chi connectivity index (χ3v) is 4.89. The van der Waals surface area contributed by atoms with Crippen LogP contribution in [0.3, 0.4) is 0 Å². The monoisotopic (exact) mass is 287 g/mol. The van der Waals surface area contributed by atoms with Gasteiger partial charge in [-0.25, -0.2) is 22.4 Å². The summed E-state index contributed by atoms with van der Waals surface area (Å²) in [5, 5.41) is 6.31. The Morgan fingerprint density at radius 2 is 2.11 bits per heavy atom. The lowest BCUT2D eigenvalue weighted by molar-refractivity contribution is 0.0941. The van der Waals surface area contributed by atoms with Gasteiger partial charge in [-0.15, -0.1) is 0 Å². The molecule has 0 bridgehead atoms. The molecule has 0 unspecified atom stereocenters. The number of hydrogen-bond donors (Lipinski definition) is 1. The van der Waals surface area contributed by atoms with Gasteiger partial charge in [-0.3, -0.25) is 4.79 Å². The first-order valence-electron chi connectivity index (χ1n) is 6.11. The summed E-state index contributed by atoms with van der Waals surface area (Å²) in [4.78, 5) is 15.5. The van der Waals surface area contributed by atoms with Crippen LogP contribution in [0.2, 0.25) is 0 Å². The van der Waals surface area contributed by atoms with E-state index in [0.29, 0.717) is 13.1 Å². The van der Waals surface area contributed by atoms with E-state index in [2.05, 4.69) is 15.4 Å². The van der Waals surface area contributed by atoms with Crippen molar-refractivity contribution >= 4 is 15.9 Å². The number of hydrogen-bond acceptors (Lipinski definition) is 5. The van der Waals surface area contributed by atoms with Crippen LogP contribution in [-0.4, -0.2) is 58.8 Å². The zero-order chi connectivity index (χ0) is 13.9. The number of carbonyl (C=O) groups excluding carboxylic acids is 1. The van der Waals surface area contributed by atoms with Crippen LogP contribution in [0.1, 0.15) is 23.5 Å². The third kappa shape index (κ3) is 3.29. The predicted octanol–water partition coefficient (Wildman–Crippen LogP) is -1.03. The van der Waals surface area contributed by atoms with Crippen LogP contribution < -0.4 is 5.32 Å². The number of aromatic nitrogens is 3. The highest BCUT2D eigenvalue weighted by Gasteiger charge is 2.25. The largest absolute Gasteiger partial charge is 0.348 e. The van der Waals surface area contributed by atoms with Gasteiger partial charge in [0.1, 0.15) is 6.33 Å². The molecule has 0 aliphatic carbocycles. The standard InChI is InChI=1S/C10H17N5O3S/c1-14-9(12-8-13-14)10(16)11-4-7-19(17,18)15-5-2-3-6-15/h8H,2-7H2,1H3,(H,11,16). The van der Waals surface area contributed by atoms with E-state index in [1.54, 1.807) is 7.05 Å². The molecule has 2 heterocycles. The van der Waals surface area contributed by atoms with Gasteiger partial charge in [0.05, 0.1) is 5.75 Å². The number of sulfonamides is 1. The van der Waals surface area contributed by atoms with E-state index in [9.17, 15) is 13.2 Å². The van der Waals surface area contributed by atoms with E-state index < -0.39 is 15.9 Å². The average Bonchev–Trinajstić information content (AvgIpc) is 2.98. The molecule has 1 aliphatic rings. The number of rotatable bonds is 5. The molecule has 9 heteroatoms. The maximum Gasteiger partial charge on any atom is 0.288 e. The van der Waals surface area contributed by atoms with Gasteiger partial charge in [-0.1, -0.05) is 0 Å². The number of aryl methyl sites for hydroxylation is 1. The van der Waals surface area contributed by atoms with E-state index >= 15 is 0 Å². The zero-order valence-electron chi connectivity index (χ0n) is 10.7. The van der Waals surface area contributed by atoms with Gasteiger partial charge in [-0.05, 0) is 12.8 Å². The van der Waals surface area contributed by atoms with Gasteiger partial charge in [0.25, 0.3) is 5.91 Å². The van der Waals surface area contributed by atoms with Crippen LogP contribution in [0.4, 0.5) is 0 Å². The van der Waals surface area contributed by atoms with Crippen LogP contribution in [0.5, 0.6) is 0 Å². The predicted molar refractivity (Wildman–Crippen MR) is 67.9 cm³/mol. The SMILES string of the molecule is Cn1ncnc1C(=O)NCCS(=O)(=O)N1CCCC1. The lowest BCUT2D eigenvalue weighted by Gasteiger charge is -2.15. The molecule has 106 valence electrons. The van der Waals surface area contributed by atoms with E-state index in [4.69, 9.17) is 0 Å². The Labute approximate surface area is 111 Å². The first kappa shape index (κ1) is 13.9. The molecule has 0 radical (unpaired) electrons. The number of amides is 1. The lowest BCUT2D eigenvalue weighted by Crippen LogP contribution is -2.36. The van der Waals surface area contributed by atoms with Crippen LogP contribution in [0, 0.1) is 0 Å². The van der Waals surface area contributed by atoms with Crippen LogP contribution in [0.25, 0.3) is 0 Å². The Morgan fingerprint density at radius 1 is 1.42 bits per heavy atom. The molecule has 1 fully saturated rings. The second-order valence-electron chi connectivity index (χ2n) is 4.39. The maximum atomic E-state index is 11.9. The highest BCUT2D eigenvalue weighted by atomic mass is 32.2. The van der Waals surface area contributed by atoms with E-state index in [-0.39, 0.29) is 18.1 Å². The van der Waals surface area contributed by atoms with Gasteiger partial charge >= 0.3 is 0 Å². The molecule has 1 amide bonds. The topological polar surface area (TPSA) is 97.2 Å². The average molecular weight is 287 g/mol. The minimum atomic E-state index is -3.26. The lowest BCUT2D eigenvalue weighted by atomic mass is 10.4. The molecule has 8 nitrogen and oxygen atoms in total. The van der Waals surface area contributed by atoms with Gasteiger partial charge in [0, 0.05) is 26.7 Å². The van der Waals surface area contributed by atoms with E-state index in [1.807, 2.05) is 0 Å². The Morgan fingerprint density at radius 3 is 2.68 bits per heavy atom. The molecule has 1 aromatic heterocycles. The van der Waals surface area contributed by atoms with Crippen molar-refractivity contribution in [3.63, 3.8) is 0 Å². The van der Waals surface area contributed by atoms with E-state index in [1.165, 1.54) is 15.3 Å². The fraction of sp³-hybridized carbons (Fsp3) is 0.700. The summed E-state index contributed by atoms with van der Waals surface area (Å²) in [5.74, 6) is -0.341. The summed E-state index contributed by atoms with van der Waals surface area (Å²) < 4.78 is 26.6. The quantitative estimate of drug-likeness (QED) is 0.747. The molecule has 0 saturated carbocycles. The summed E-state index contributed by atoms with van der Waals surface area (Å²) in [6.45, 7) is 1.24. The summed E-state index contributed by atoms with van der Waals surface area (Å²) in [6.07, 6.45) is 3.09. The van der Waals surface area contributed by atoms with Crippen molar-refractivity contribution in [2.24, 2.45) is 7.05 Å². The van der Waals surface area contributed by atoms with Crippen LogP contribution in [0.15, 0.2) is 6.33 Å². The Hall–Kier alpha value is -1.48. The van der Waals surface area contributed by atoms with Crippen molar-refractivity contribution in [2.45, 2.75) is 12.8 Å². The third-order valence-electron chi connectivity index (χ3n) is 3.02. The number of nitrogens with zero attached hydrogens (tertiary/aromatic N) is 4. The first-order chi connectivity index (χ1) is 9.00. The molecular formula is C10H17N5O3S. The summed E-state index contributed by atoms with van der Waals surface area (Å²) >= 11 is 0. The second kappa shape index (κ2) is 5.66. The van der Waals surface area contributed by atoms with Gasteiger partial charge < -0.3 is 5.32 Å². The highest BCUT2D eigenvalue weighted by molar-refractivity contribution is 7.89. The number of nitrogens with one attached hydrogen (secondary N) is 1. The van der Waals surface area contributed by atoms with Crippen molar-refractivity contribution < 1.29 is 13.2 Å². The second-order valence-corrected chi connectivity index (χ2v) is 6.47. The molecule has 1 aromatic rings. The normalized spacial score (nSPS) is 16.7. The van der Waals surface area contributed by atoms with Crippen molar-refractivity contribution in [1.82, 2.24) is 24.4 Å². The molecule has 0 aromatic carbocycles. The van der Waals surface area contributed by atoms with Gasteiger partial charge in [-0.2, -0.15) is 5.10 Å². The number of carbonyl (C=O) groups is 1. The minimum absolute atomic E-state index is 0.0739. The fourth-order valence-corrected chi connectivity index (χ4v) is 3.40. The Kier molecular flexibility index (Phi) is 4.15. The van der Waals surface area contributed by atoms with Crippen molar-refractivity contribution in [3.05, 3.63) is 12.2 Å². The highest BCUT2D eigenvalue weighted by Crippen LogP contribution is 2.12. The molecule has 2 rings (SSSR count). The van der Waals surface area contributed by atoms with E-state index in [0.717, 1.165) is 12.8 Å². The summed E-state index contributed by atoms with van der Waals surface area (Å²) in [7, 11) is -1.66. The molecule has 19 heavy (non-hydrogen) atoms. The van der Waals surface area contributed by atoms with Crippen LogP contribution >= 0.6 is 0 Å². The van der Waals surface area contributed by atoms with Gasteiger partial charge in [0.2, 0.25) is 15.8 Å². The summed E-state index contributed by atoms with van der Waals surface area (Å²) in [6, 6.07) is 0. The minimum Gasteiger partial charge on any atom is -0.348 e. The Balaban J connectivity index is 1.83. The smallest absolute Gasteiger partial charge is 0.288 e.